The lowest BCUT2D eigenvalue weighted by molar-refractivity contribution is -0.160. The molecule has 13 heteroatoms. The van der Waals surface area contributed by atoms with Gasteiger partial charge in [-0.2, -0.15) is 5.26 Å². The van der Waals surface area contributed by atoms with Gasteiger partial charge < -0.3 is 23.7 Å². The van der Waals surface area contributed by atoms with Gasteiger partial charge in [0.05, 0.1) is 25.9 Å². The van der Waals surface area contributed by atoms with Crippen LogP contribution in [0.5, 0.6) is 11.5 Å². The van der Waals surface area contributed by atoms with Crippen molar-refractivity contribution in [3.8, 4) is 17.6 Å². The van der Waals surface area contributed by atoms with Crippen LogP contribution >= 0.6 is 23.5 Å². The summed E-state index contributed by atoms with van der Waals surface area (Å²) in [5.74, 6) is 1.30. The summed E-state index contributed by atoms with van der Waals surface area (Å²) in [5.41, 5.74) is -0.344. The first kappa shape index (κ1) is 51.4. The first-order valence-corrected chi connectivity index (χ1v) is 26.6. The summed E-state index contributed by atoms with van der Waals surface area (Å²) in [6, 6.07) is 5.22. The Bertz CT molecular complexity index is 1850. The minimum Gasteiger partial charge on any atom is -0.458 e. The molecule has 1 heterocycles. The smallest absolute Gasteiger partial charge is 0.350 e. The Labute approximate surface area is 400 Å². The third kappa shape index (κ3) is 14.3. The number of hydrogen-bond acceptors (Lipinski definition) is 13. The van der Waals surface area contributed by atoms with Crippen molar-refractivity contribution in [3.05, 3.63) is 47.3 Å². The fourth-order valence-corrected chi connectivity index (χ4v) is 13.6. The van der Waals surface area contributed by atoms with Crippen molar-refractivity contribution in [1.82, 2.24) is 0 Å². The number of carbonyl (C=O) groups is 5. The van der Waals surface area contributed by atoms with E-state index in [1.807, 2.05) is 6.07 Å². The van der Waals surface area contributed by atoms with E-state index < -0.39 is 37.2 Å². The zero-order valence-corrected chi connectivity index (χ0v) is 40.9. The number of esters is 5. The second-order valence-corrected chi connectivity index (χ2v) is 21.6. The molecule has 0 aromatic heterocycles. The van der Waals surface area contributed by atoms with Crippen LogP contribution in [0.1, 0.15) is 155 Å². The van der Waals surface area contributed by atoms with Crippen LogP contribution in [-0.4, -0.2) is 49.2 Å². The normalized spacial score (nSPS) is 26.7. The highest BCUT2D eigenvalue weighted by Gasteiger charge is 2.38. The van der Waals surface area contributed by atoms with Crippen molar-refractivity contribution in [1.29, 1.82) is 5.26 Å². The Balaban J connectivity index is 1.13. The number of rotatable bonds is 20. The summed E-state index contributed by atoms with van der Waals surface area (Å²) in [4.78, 5) is 65.9. The van der Waals surface area contributed by atoms with Gasteiger partial charge in [0.1, 0.15) is 30.8 Å². The van der Waals surface area contributed by atoms with E-state index in [4.69, 9.17) is 23.7 Å². The zero-order chi connectivity index (χ0) is 47.0. The molecule has 5 aliphatic rings. The zero-order valence-electron chi connectivity index (χ0n) is 39.2. The Morgan fingerprint density at radius 3 is 1.44 bits per heavy atom. The average molecular weight is 946 g/mol. The minimum absolute atomic E-state index is 0.242. The monoisotopic (exact) mass is 945 g/mol. The van der Waals surface area contributed by atoms with Gasteiger partial charge in [-0.25, -0.2) is 14.4 Å². The molecule has 0 amide bonds. The number of ether oxygens (including phenoxy) is 5. The number of unbranched alkanes of at least 4 members (excludes halogenated alkanes) is 2. The highest BCUT2D eigenvalue weighted by molar-refractivity contribution is 8.24. The molecule has 1 atom stereocenters. The molecule has 0 saturated heterocycles. The molecule has 66 heavy (non-hydrogen) atoms. The first-order valence-electron chi connectivity index (χ1n) is 24.9. The molecule has 4 saturated carbocycles. The van der Waals surface area contributed by atoms with Crippen molar-refractivity contribution in [2.45, 2.75) is 171 Å². The molecular weight excluding hydrogens is 875 g/mol. The molecule has 1 aromatic carbocycles. The predicted molar refractivity (Wildman–Crippen MR) is 255 cm³/mol. The maximum Gasteiger partial charge on any atom is 0.350 e. The number of thioether (sulfide) groups is 2. The Morgan fingerprint density at radius 2 is 1.05 bits per heavy atom. The van der Waals surface area contributed by atoms with E-state index in [2.05, 4.69) is 27.0 Å². The molecule has 0 spiro atoms. The van der Waals surface area contributed by atoms with Crippen molar-refractivity contribution >= 4 is 53.4 Å². The van der Waals surface area contributed by atoms with Crippen LogP contribution < -0.4 is 9.47 Å². The largest absolute Gasteiger partial charge is 0.458 e. The Morgan fingerprint density at radius 1 is 0.636 bits per heavy atom. The van der Waals surface area contributed by atoms with Crippen LogP contribution in [0.4, 0.5) is 0 Å². The molecule has 11 nitrogen and oxygen atoms in total. The molecule has 4 fully saturated rings. The summed E-state index contributed by atoms with van der Waals surface area (Å²) in [6.07, 6.45) is 26.0. The standard InChI is InChI=1S/C53H71NO10S2/c1-5-9-11-34-13-17-36(18-14-34)38-21-25-40(26-22-38)50(57)63-44-29-30-45(64-51(58)41-27-23-39(24-28-41)37-19-15-35(16-20-37)12-10-6-2)49-48(44)65-53(66-49)43(31-54)52(59)61-33-42(62-47(56)8-4)32-60-46(55)7-3/h7-8,29-30,34-42H,3-6,9-28,32-33H2,1-2H3. The van der Waals surface area contributed by atoms with Crippen LogP contribution in [0, 0.1) is 58.7 Å². The van der Waals surface area contributed by atoms with Crippen LogP contribution in [0.25, 0.3) is 0 Å². The topological polar surface area (TPSA) is 155 Å². The van der Waals surface area contributed by atoms with Crippen LogP contribution in [0.2, 0.25) is 0 Å². The van der Waals surface area contributed by atoms with Crippen molar-refractivity contribution in [3.63, 3.8) is 0 Å². The third-order valence-corrected chi connectivity index (χ3v) is 17.7. The first-order chi connectivity index (χ1) is 32.0. The average Bonchev–Trinajstić information content (AvgIpc) is 3.80. The summed E-state index contributed by atoms with van der Waals surface area (Å²) < 4.78 is 28.2. The van der Waals surface area contributed by atoms with Crippen molar-refractivity contribution in [2.24, 2.45) is 47.3 Å². The van der Waals surface area contributed by atoms with E-state index in [-0.39, 0.29) is 45.1 Å². The predicted octanol–water partition coefficient (Wildman–Crippen LogP) is 12.4. The molecule has 0 N–H and O–H groups in total. The fourth-order valence-electron chi connectivity index (χ4n) is 11.1. The molecule has 0 radical (unpaired) electrons. The van der Waals surface area contributed by atoms with E-state index >= 15 is 0 Å². The van der Waals surface area contributed by atoms with E-state index in [9.17, 15) is 29.2 Å². The lowest BCUT2D eigenvalue weighted by Crippen LogP contribution is -2.30. The Kier molecular flexibility index (Phi) is 20.2. The summed E-state index contributed by atoms with van der Waals surface area (Å²) in [6.45, 7) is 10.3. The van der Waals surface area contributed by atoms with Gasteiger partial charge in [-0.3, -0.25) is 9.59 Å². The summed E-state index contributed by atoms with van der Waals surface area (Å²) in [5, 5.41) is 10.3. The van der Waals surface area contributed by atoms with Crippen molar-refractivity contribution < 1.29 is 47.7 Å². The van der Waals surface area contributed by atoms with Gasteiger partial charge >= 0.3 is 29.8 Å². The quantitative estimate of drug-likeness (QED) is 0.0400. The maximum atomic E-state index is 13.9. The van der Waals surface area contributed by atoms with Gasteiger partial charge in [0.15, 0.2) is 11.7 Å². The number of hydrogen-bond donors (Lipinski definition) is 0. The lowest BCUT2D eigenvalue weighted by atomic mass is 9.68. The van der Waals surface area contributed by atoms with Gasteiger partial charge in [-0.05, 0) is 125 Å². The van der Waals surface area contributed by atoms with Crippen LogP contribution in [0.3, 0.4) is 0 Å². The van der Waals surface area contributed by atoms with E-state index in [1.165, 1.54) is 89.9 Å². The molecule has 1 unspecified atom stereocenters. The SMILES string of the molecule is C=CC(=O)OCC(COC(=O)C(C#N)=C1Sc2c(OC(=O)C3CCC(C4CCC(CCCC)CC4)CC3)ccc(OC(=O)C3CCC(C4CCC(CCCC)CC4)CC3)c2S1)OC(=O)C=C. The Hall–Kier alpha value is -4.02. The second-order valence-electron chi connectivity index (χ2n) is 19.3. The third-order valence-electron chi connectivity index (χ3n) is 15.1. The van der Waals surface area contributed by atoms with E-state index in [1.54, 1.807) is 12.1 Å². The second kappa shape index (κ2) is 25.9. The number of benzene rings is 1. The molecular formula is C53H71NO10S2. The van der Waals surface area contributed by atoms with Crippen LogP contribution in [-0.2, 0) is 38.2 Å². The molecule has 360 valence electrons. The van der Waals surface area contributed by atoms with Gasteiger partial charge in [0.25, 0.3) is 0 Å². The molecule has 1 aromatic rings. The number of fused-ring (bicyclic) bond motifs is 1. The summed E-state index contributed by atoms with van der Waals surface area (Å²) >= 11 is 2.14. The van der Waals surface area contributed by atoms with E-state index in [0.717, 1.165) is 111 Å². The molecule has 6 rings (SSSR count). The molecule has 0 bridgehead atoms. The van der Waals surface area contributed by atoms with Gasteiger partial charge in [-0.1, -0.05) is 115 Å². The number of nitriles is 1. The number of nitrogens with zero attached hydrogens (tertiary/aromatic N) is 1. The lowest BCUT2D eigenvalue weighted by Gasteiger charge is -2.37. The maximum absolute atomic E-state index is 13.9. The van der Waals surface area contributed by atoms with Gasteiger partial charge in [0.2, 0.25) is 0 Å². The van der Waals surface area contributed by atoms with Crippen LogP contribution in [0.15, 0.2) is 57.0 Å². The fraction of sp³-hybridized carbons (Fsp3) is 0.660. The molecule has 1 aliphatic heterocycles. The van der Waals surface area contributed by atoms with E-state index in [0.29, 0.717) is 21.6 Å². The van der Waals surface area contributed by atoms with Gasteiger partial charge in [-0.15, -0.1) is 0 Å². The highest BCUT2D eigenvalue weighted by atomic mass is 32.2. The minimum atomic E-state index is -1.19. The van der Waals surface area contributed by atoms with Gasteiger partial charge in [0, 0.05) is 12.2 Å². The number of carbonyl (C=O) groups excluding carboxylic acids is 5. The highest BCUT2D eigenvalue weighted by Crippen LogP contribution is 2.59. The summed E-state index contributed by atoms with van der Waals surface area (Å²) in [7, 11) is 0. The van der Waals surface area contributed by atoms with Crippen molar-refractivity contribution in [2.75, 3.05) is 13.2 Å². The molecule has 4 aliphatic carbocycles.